The van der Waals surface area contributed by atoms with Crippen LogP contribution in [0.25, 0.3) is 0 Å². The number of carbonyl (C=O) groups excluding carboxylic acids is 2. The fourth-order valence-electron chi connectivity index (χ4n) is 1.05. The summed E-state index contributed by atoms with van der Waals surface area (Å²) in [6.45, 7) is 3.05. The third-order valence-corrected chi connectivity index (χ3v) is 2.00. The number of urea groups is 1. The Kier molecular flexibility index (Phi) is 7.28. The fraction of sp³-hybridized carbons (Fsp3) is 0.800. The Morgan fingerprint density at radius 3 is 2.44 bits per heavy atom. The number of ether oxygens (including phenoxy) is 1. The zero-order valence-corrected chi connectivity index (χ0v) is 10.4. The van der Waals surface area contributed by atoms with E-state index >= 15 is 0 Å². The minimum atomic E-state index is -0.239. The van der Waals surface area contributed by atoms with E-state index in [0.717, 1.165) is 0 Å². The van der Waals surface area contributed by atoms with E-state index < -0.39 is 0 Å². The molecule has 6 heteroatoms. The maximum Gasteiger partial charge on any atom is 0.316 e. The maximum absolute atomic E-state index is 11.1. The predicted molar refractivity (Wildman–Crippen MR) is 61.2 cm³/mol. The van der Waals surface area contributed by atoms with Gasteiger partial charge in [-0.15, -0.1) is 0 Å². The lowest BCUT2D eigenvalue weighted by atomic mass is 10.2. The summed E-state index contributed by atoms with van der Waals surface area (Å²) >= 11 is 0. The highest BCUT2D eigenvalue weighted by atomic mass is 16.5. The molecule has 0 saturated heterocycles. The highest BCUT2D eigenvalue weighted by Gasteiger charge is 2.08. The van der Waals surface area contributed by atoms with Gasteiger partial charge in [0, 0.05) is 33.2 Å². The van der Waals surface area contributed by atoms with Gasteiger partial charge in [0.15, 0.2) is 0 Å². The summed E-state index contributed by atoms with van der Waals surface area (Å²) in [5.41, 5.74) is 0. The third kappa shape index (κ3) is 7.05. The number of esters is 1. The molecule has 1 atom stereocenters. The van der Waals surface area contributed by atoms with Crippen LogP contribution in [0.2, 0.25) is 0 Å². The number of rotatable bonds is 6. The molecule has 2 amide bonds. The van der Waals surface area contributed by atoms with Crippen LogP contribution in [-0.4, -0.2) is 57.2 Å². The van der Waals surface area contributed by atoms with Crippen LogP contribution in [0.5, 0.6) is 0 Å². The van der Waals surface area contributed by atoms with Gasteiger partial charge in [-0.3, -0.25) is 4.79 Å². The first kappa shape index (κ1) is 14.7. The van der Waals surface area contributed by atoms with Gasteiger partial charge in [-0.25, -0.2) is 4.79 Å². The average Bonchev–Trinajstić information content (AvgIpc) is 2.23. The molecular weight excluding hydrogens is 210 g/mol. The molecule has 1 unspecified atom stereocenters. The predicted octanol–water partition coefficient (Wildman–Crippen LogP) is -0.201. The molecule has 16 heavy (non-hydrogen) atoms. The highest BCUT2D eigenvalue weighted by Crippen LogP contribution is 1.91. The zero-order chi connectivity index (χ0) is 12.6. The topological polar surface area (TPSA) is 70.7 Å². The number of hydrogen-bond donors (Lipinski definition) is 2. The molecule has 94 valence electrons. The van der Waals surface area contributed by atoms with E-state index in [4.69, 9.17) is 0 Å². The largest absolute Gasteiger partial charge is 0.469 e. The summed E-state index contributed by atoms with van der Waals surface area (Å²) in [5.74, 6) is -0.239. The molecule has 0 aliphatic heterocycles. The fourth-order valence-corrected chi connectivity index (χ4v) is 1.05. The summed E-state index contributed by atoms with van der Waals surface area (Å²) < 4.78 is 4.54. The molecule has 0 fully saturated rings. The van der Waals surface area contributed by atoms with Crippen molar-refractivity contribution in [2.24, 2.45) is 0 Å². The van der Waals surface area contributed by atoms with Crippen molar-refractivity contribution < 1.29 is 14.3 Å². The van der Waals surface area contributed by atoms with E-state index in [1.807, 2.05) is 6.92 Å². The van der Waals surface area contributed by atoms with Gasteiger partial charge in [0.2, 0.25) is 0 Å². The zero-order valence-electron chi connectivity index (χ0n) is 10.4. The summed E-state index contributed by atoms with van der Waals surface area (Å²) in [6, 6.07) is -0.0777. The standard InChI is InChI=1S/C10H21N3O3/c1-8(7-9(14)16-4)11-5-6-12-10(15)13(2)3/h8,11H,5-7H2,1-4H3,(H,12,15). The smallest absolute Gasteiger partial charge is 0.316 e. The molecule has 0 spiro atoms. The van der Waals surface area contributed by atoms with Gasteiger partial charge in [-0.1, -0.05) is 0 Å². The molecule has 0 aliphatic carbocycles. The Balaban J connectivity index is 3.51. The van der Waals surface area contributed by atoms with Gasteiger partial charge in [0.05, 0.1) is 13.5 Å². The second-order valence-electron chi connectivity index (χ2n) is 3.76. The van der Waals surface area contributed by atoms with Gasteiger partial charge in [0.1, 0.15) is 0 Å². The van der Waals surface area contributed by atoms with Crippen LogP contribution in [-0.2, 0) is 9.53 Å². The molecule has 6 nitrogen and oxygen atoms in total. The number of amides is 2. The quantitative estimate of drug-likeness (QED) is 0.490. The van der Waals surface area contributed by atoms with Gasteiger partial charge < -0.3 is 20.3 Å². The first-order chi connectivity index (χ1) is 7.47. The normalized spacial score (nSPS) is 11.8. The van der Waals surface area contributed by atoms with E-state index in [9.17, 15) is 9.59 Å². The Bertz CT molecular complexity index is 231. The first-order valence-corrected chi connectivity index (χ1v) is 5.22. The van der Waals surface area contributed by atoms with Crippen molar-refractivity contribution in [1.29, 1.82) is 0 Å². The van der Waals surface area contributed by atoms with Gasteiger partial charge >= 0.3 is 12.0 Å². The number of hydrogen-bond acceptors (Lipinski definition) is 4. The summed E-state index contributed by atoms with van der Waals surface area (Å²) in [7, 11) is 4.73. The van der Waals surface area contributed by atoms with Crippen LogP contribution in [0.3, 0.4) is 0 Å². The minimum absolute atomic E-state index is 0.0451. The van der Waals surface area contributed by atoms with E-state index in [-0.39, 0.29) is 18.0 Å². The third-order valence-electron chi connectivity index (χ3n) is 2.00. The van der Waals surface area contributed by atoms with Gasteiger partial charge in [0.25, 0.3) is 0 Å². The molecule has 0 aromatic heterocycles. The maximum atomic E-state index is 11.1. The van der Waals surface area contributed by atoms with Crippen LogP contribution in [0.15, 0.2) is 0 Å². The second-order valence-corrected chi connectivity index (χ2v) is 3.76. The van der Waals surface area contributed by atoms with Crippen molar-refractivity contribution in [3.8, 4) is 0 Å². The summed E-state index contributed by atoms with van der Waals surface area (Å²) in [4.78, 5) is 23.5. The molecular formula is C10H21N3O3. The molecule has 2 N–H and O–H groups in total. The van der Waals surface area contributed by atoms with E-state index in [1.165, 1.54) is 12.0 Å². The molecule has 0 aromatic carbocycles. The second kappa shape index (κ2) is 7.92. The molecule has 0 bridgehead atoms. The van der Waals surface area contributed by atoms with Crippen molar-refractivity contribution in [1.82, 2.24) is 15.5 Å². The highest BCUT2D eigenvalue weighted by molar-refractivity contribution is 5.73. The Morgan fingerprint density at radius 1 is 1.31 bits per heavy atom. The lowest BCUT2D eigenvalue weighted by Crippen LogP contribution is -2.40. The van der Waals surface area contributed by atoms with E-state index in [0.29, 0.717) is 19.5 Å². The lowest BCUT2D eigenvalue weighted by molar-refractivity contribution is -0.141. The Hall–Kier alpha value is -1.30. The van der Waals surface area contributed by atoms with Crippen molar-refractivity contribution in [2.45, 2.75) is 19.4 Å². The SMILES string of the molecule is COC(=O)CC(C)NCCNC(=O)N(C)C. The molecule has 0 radical (unpaired) electrons. The van der Waals surface area contributed by atoms with Crippen LogP contribution in [0.1, 0.15) is 13.3 Å². The number of methoxy groups -OCH3 is 1. The van der Waals surface area contributed by atoms with Crippen molar-refractivity contribution in [3.05, 3.63) is 0 Å². The van der Waals surface area contributed by atoms with Crippen LogP contribution >= 0.6 is 0 Å². The van der Waals surface area contributed by atoms with Gasteiger partial charge in [-0.2, -0.15) is 0 Å². The first-order valence-electron chi connectivity index (χ1n) is 5.22. The molecule has 0 saturated carbocycles. The van der Waals surface area contributed by atoms with Crippen molar-refractivity contribution in [2.75, 3.05) is 34.3 Å². The molecule has 0 aromatic rings. The number of carbonyl (C=O) groups is 2. The number of nitrogens with zero attached hydrogens (tertiary/aromatic N) is 1. The molecule has 0 rings (SSSR count). The summed E-state index contributed by atoms with van der Waals surface area (Å²) in [6.07, 6.45) is 0.331. The van der Waals surface area contributed by atoms with Crippen LogP contribution < -0.4 is 10.6 Å². The summed E-state index contributed by atoms with van der Waals surface area (Å²) in [5, 5.41) is 5.82. The van der Waals surface area contributed by atoms with Crippen LogP contribution in [0, 0.1) is 0 Å². The average molecular weight is 231 g/mol. The molecule has 0 heterocycles. The van der Waals surface area contributed by atoms with Crippen molar-refractivity contribution in [3.63, 3.8) is 0 Å². The van der Waals surface area contributed by atoms with Crippen molar-refractivity contribution >= 4 is 12.0 Å². The van der Waals surface area contributed by atoms with E-state index in [2.05, 4.69) is 15.4 Å². The Morgan fingerprint density at radius 2 is 1.94 bits per heavy atom. The van der Waals surface area contributed by atoms with Crippen LogP contribution in [0.4, 0.5) is 4.79 Å². The molecule has 0 aliphatic rings. The van der Waals surface area contributed by atoms with Gasteiger partial charge in [-0.05, 0) is 6.92 Å². The monoisotopic (exact) mass is 231 g/mol. The number of nitrogens with one attached hydrogen (secondary N) is 2. The van der Waals surface area contributed by atoms with E-state index in [1.54, 1.807) is 14.1 Å². The Labute approximate surface area is 96.3 Å². The minimum Gasteiger partial charge on any atom is -0.469 e. The lowest BCUT2D eigenvalue weighted by Gasteiger charge is -2.14.